The van der Waals surface area contributed by atoms with Crippen LogP contribution in [-0.2, 0) is 8.54 Å². The lowest BCUT2D eigenvalue weighted by Crippen LogP contribution is -2.38. The highest BCUT2D eigenvalue weighted by Crippen LogP contribution is 2.40. The summed E-state index contributed by atoms with van der Waals surface area (Å²) in [4.78, 5) is 19.1. The standard InChI is InChI=1S/C8H20NO4PS/c1-7(2)9(8(3)4)5-6-15-13-14(10,11)12/h7-8H,5-6H2,1-4H3,(H2,10,11,12). The van der Waals surface area contributed by atoms with Crippen molar-refractivity contribution >= 4 is 19.9 Å². The second-order valence-corrected chi connectivity index (χ2v) is 6.03. The zero-order valence-electron chi connectivity index (χ0n) is 9.58. The lowest BCUT2D eigenvalue weighted by Gasteiger charge is -2.30. The van der Waals surface area contributed by atoms with Gasteiger partial charge in [-0.25, -0.2) is 8.54 Å². The Morgan fingerprint density at radius 1 is 1.27 bits per heavy atom. The molecule has 0 bridgehead atoms. The molecule has 0 aliphatic heterocycles. The molecule has 0 radical (unpaired) electrons. The van der Waals surface area contributed by atoms with Gasteiger partial charge in [-0.2, -0.15) is 0 Å². The maximum absolute atomic E-state index is 10.4. The predicted molar refractivity (Wildman–Crippen MR) is 62.6 cm³/mol. The van der Waals surface area contributed by atoms with Crippen molar-refractivity contribution < 1.29 is 18.3 Å². The molecule has 0 aromatic heterocycles. The van der Waals surface area contributed by atoms with Crippen molar-refractivity contribution in [2.24, 2.45) is 0 Å². The van der Waals surface area contributed by atoms with E-state index < -0.39 is 7.82 Å². The van der Waals surface area contributed by atoms with Gasteiger partial charge in [0, 0.05) is 36.4 Å². The Kier molecular flexibility index (Phi) is 7.08. The summed E-state index contributed by atoms with van der Waals surface area (Å²) in [7, 11) is -4.33. The van der Waals surface area contributed by atoms with E-state index in [1.807, 2.05) is 0 Å². The fourth-order valence-electron chi connectivity index (χ4n) is 1.36. The molecule has 15 heavy (non-hydrogen) atoms. The summed E-state index contributed by atoms with van der Waals surface area (Å²) in [5.74, 6) is 0.543. The van der Waals surface area contributed by atoms with Gasteiger partial charge >= 0.3 is 7.82 Å². The molecule has 0 atom stereocenters. The molecule has 0 saturated carbocycles. The number of phosphoric acid groups is 1. The minimum atomic E-state index is -4.33. The quantitative estimate of drug-likeness (QED) is 0.412. The lowest BCUT2D eigenvalue weighted by molar-refractivity contribution is 0.187. The summed E-state index contributed by atoms with van der Waals surface area (Å²) in [5, 5.41) is 0. The highest BCUT2D eigenvalue weighted by Gasteiger charge is 2.16. The summed E-state index contributed by atoms with van der Waals surface area (Å²) in [6.45, 7) is 9.12. The molecule has 0 unspecified atom stereocenters. The molecule has 0 aliphatic rings. The Hall–Kier alpha value is 0.420. The summed E-state index contributed by atoms with van der Waals surface area (Å²) >= 11 is 0.819. The van der Waals surface area contributed by atoms with Crippen molar-refractivity contribution in [2.75, 3.05) is 12.3 Å². The van der Waals surface area contributed by atoms with E-state index in [9.17, 15) is 4.57 Å². The highest BCUT2D eigenvalue weighted by atomic mass is 32.2. The van der Waals surface area contributed by atoms with Crippen LogP contribution in [-0.4, -0.2) is 39.1 Å². The van der Waals surface area contributed by atoms with E-state index in [1.165, 1.54) is 0 Å². The zero-order chi connectivity index (χ0) is 12.1. The molecule has 0 heterocycles. The van der Waals surface area contributed by atoms with Gasteiger partial charge in [-0.3, -0.25) is 4.90 Å². The van der Waals surface area contributed by atoms with Gasteiger partial charge in [0.2, 0.25) is 0 Å². The van der Waals surface area contributed by atoms with Crippen molar-refractivity contribution in [1.29, 1.82) is 0 Å². The monoisotopic (exact) mass is 257 g/mol. The maximum Gasteiger partial charge on any atom is 0.480 e. The van der Waals surface area contributed by atoms with E-state index in [-0.39, 0.29) is 0 Å². The van der Waals surface area contributed by atoms with E-state index >= 15 is 0 Å². The van der Waals surface area contributed by atoms with Gasteiger partial charge in [0.1, 0.15) is 0 Å². The van der Waals surface area contributed by atoms with Crippen LogP contribution in [0, 0.1) is 0 Å². The average molecular weight is 257 g/mol. The fraction of sp³-hybridized carbons (Fsp3) is 1.00. The van der Waals surface area contributed by atoms with Gasteiger partial charge in [0.25, 0.3) is 0 Å². The summed E-state index contributed by atoms with van der Waals surface area (Å²) < 4.78 is 14.7. The molecule has 0 saturated heterocycles. The van der Waals surface area contributed by atoms with E-state index in [2.05, 4.69) is 36.6 Å². The van der Waals surface area contributed by atoms with Crippen LogP contribution in [0.5, 0.6) is 0 Å². The van der Waals surface area contributed by atoms with Crippen molar-refractivity contribution in [1.82, 2.24) is 4.90 Å². The zero-order valence-corrected chi connectivity index (χ0v) is 11.3. The maximum atomic E-state index is 10.4. The Labute approximate surface area is 95.6 Å². The number of rotatable bonds is 7. The predicted octanol–water partition coefficient (Wildman–Crippen LogP) is 1.86. The third-order valence-corrected chi connectivity index (χ3v) is 3.46. The van der Waals surface area contributed by atoms with Gasteiger partial charge in [-0.05, 0) is 27.7 Å². The van der Waals surface area contributed by atoms with Gasteiger partial charge in [-0.1, -0.05) is 0 Å². The molecular weight excluding hydrogens is 237 g/mol. The van der Waals surface area contributed by atoms with Crippen molar-refractivity contribution in [3.05, 3.63) is 0 Å². The summed E-state index contributed by atoms with van der Waals surface area (Å²) in [5.41, 5.74) is 0. The molecular formula is C8H20NO4PS. The Morgan fingerprint density at radius 2 is 1.73 bits per heavy atom. The molecule has 2 N–H and O–H groups in total. The van der Waals surface area contributed by atoms with Crippen molar-refractivity contribution in [3.63, 3.8) is 0 Å². The largest absolute Gasteiger partial charge is 0.480 e. The Balaban J connectivity index is 3.78. The van der Waals surface area contributed by atoms with E-state index in [0.29, 0.717) is 17.8 Å². The van der Waals surface area contributed by atoms with Crippen LogP contribution in [0.1, 0.15) is 27.7 Å². The van der Waals surface area contributed by atoms with Crippen LogP contribution in [0.25, 0.3) is 0 Å². The second kappa shape index (κ2) is 6.89. The minimum Gasteiger partial charge on any atom is -0.302 e. The summed E-state index contributed by atoms with van der Waals surface area (Å²) in [6.07, 6.45) is 0. The van der Waals surface area contributed by atoms with E-state index in [1.54, 1.807) is 0 Å². The Morgan fingerprint density at radius 3 is 2.07 bits per heavy atom. The van der Waals surface area contributed by atoms with Crippen LogP contribution in [0.3, 0.4) is 0 Å². The number of nitrogens with zero attached hydrogens (tertiary/aromatic N) is 1. The van der Waals surface area contributed by atoms with Crippen molar-refractivity contribution in [3.8, 4) is 0 Å². The van der Waals surface area contributed by atoms with Gasteiger partial charge in [0.15, 0.2) is 0 Å². The first-order valence-corrected chi connectivity index (χ1v) is 7.30. The molecule has 0 aliphatic carbocycles. The first-order valence-electron chi connectivity index (χ1n) is 4.86. The van der Waals surface area contributed by atoms with Crippen LogP contribution in [0.15, 0.2) is 0 Å². The highest BCUT2D eigenvalue weighted by molar-refractivity contribution is 7.97. The number of hydrogen-bond acceptors (Lipinski definition) is 4. The van der Waals surface area contributed by atoms with Crippen LogP contribution < -0.4 is 0 Å². The van der Waals surface area contributed by atoms with E-state index in [4.69, 9.17) is 9.79 Å². The van der Waals surface area contributed by atoms with Crippen molar-refractivity contribution in [2.45, 2.75) is 39.8 Å². The van der Waals surface area contributed by atoms with Gasteiger partial charge < -0.3 is 9.79 Å². The molecule has 0 amide bonds. The van der Waals surface area contributed by atoms with Gasteiger partial charge in [0.05, 0.1) is 0 Å². The van der Waals surface area contributed by atoms with Crippen LogP contribution in [0.2, 0.25) is 0 Å². The normalized spacial score (nSPS) is 13.1. The molecule has 7 heteroatoms. The fourth-order valence-corrected chi connectivity index (χ4v) is 2.49. The smallest absolute Gasteiger partial charge is 0.302 e. The van der Waals surface area contributed by atoms with Crippen LogP contribution >= 0.6 is 19.9 Å². The summed E-state index contributed by atoms with van der Waals surface area (Å²) in [6, 6.07) is 0.835. The lowest BCUT2D eigenvalue weighted by atomic mass is 10.2. The Bertz CT molecular complexity index is 211. The molecule has 92 valence electrons. The molecule has 0 rings (SSSR count). The molecule has 0 fully saturated rings. The first-order chi connectivity index (χ1) is 6.74. The first kappa shape index (κ1) is 15.4. The molecule has 0 aromatic rings. The van der Waals surface area contributed by atoms with Crippen LogP contribution in [0.4, 0.5) is 0 Å². The SMILES string of the molecule is CC(C)N(CCSOP(=O)(O)O)C(C)C. The topological polar surface area (TPSA) is 70.0 Å². The molecule has 0 aromatic carbocycles. The minimum absolute atomic E-state index is 0.417. The van der Waals surface area contributed by atoms with Gasteiger partial charge in [-0.15, -0.1) is 0 Å². The average Bonchev–Trinajstić information content (AvgIpc) is 2.00. The molecule has 5 nitrogen and oxygen atoms in total. The third-order valence-electron chi connectivity index (χ3n) is 1.91. The molecule has 0 spiro atoms. The third kappa shape index (κ3) is 8.25. The number of hydrogen-bond donors (Lipinski definition) is 2. The second-order valence-electron chi connectivity index (χ2n) is 3.81. The van der Waals surface area contributed by atoms with E-state index in [0.717, 1.165) is 18.6 Å².